The fraction of sp³-hybridized carbons (Fsp3) is 0.588. The van der Waals surface area contributed by atoms with E-state index in [0.29, 0.717) is 0 Å². The molecule has 1 saturated heterocycles. The number of hydrogen-bond acceptors (Lipinski definition) is 9. The lowest BCUT2D eigenvalue weighted by molar-refractivity contribution is -0.164. The Labute approximate surface area is 168 Å². The average molecular weight is 432 g/mol. The highest BCUT2D eigenvalue weighted by atomic mass is 32.2. The minimum absolute atomic E-state index is 0.181. The van der Waals surface area contributed by atoms with Gasteiger partial charge >= 0.3 is 23.6 Å². The summed E-state index contributed by atoms with van der Waals surface area (Å²) in [5, 5.41) is -2.00. The second kappa shape index (κ2) is 9.25. The summed E-state index contributed by atoms with van der Waals surface area (Å²) < 4.78 is 31.5. The molecular formula is C17H21FN2O8S. The fourth-order valence-electron chi connectivity index (χ4n) is 2.86. The Morgan fingerprint density at radius 2 is 1.69 bits per heavy atom. The van der Waals surface area contributed by atoms with Crippen LogP contribution in [0.1, 0.15) is 31.7 Å². The molecule has 1 aliphatic rings. The lowest BCUT2D eigenvalue weighted by Crippen LogP contribution is -2.55. The molecule has 12 heteroatoms. The molecule has 1 aromatic rings. The molecule has 0 radical (unpaired) electrons. The first-order valence-corrected chi connectivity index (χ1v) is 9.55. The van der Waals surface area contributed by atoms with E-state index in [1.54, 1.807) is 0 Å². The molecule has 10 nitrogen and oxygen atoms in total. The Kier molecular flexibility index (Phi) is 7.22. The van der Waals surface area contributed by atoms with E-state index < -0.39 is 58.2 Å². The third kappa shape index (κ3) is 5.46. The molecule has 0 spiro atoms. The van der Waals surface area contributed by atoms with E-state index in [2.05, 4.69) is 4.98 Å². The first-order valence-electron chi connectivity index (χ1n) is 8.60. The molecule has 2 rings (SSSR count). The van der Waals surface area contributed by atoms with Crippen LogP contribution in [0.15, 0.2) is 15.8 Å². The van der Waals surface area contributed by atoms with Crippen molar-refractivity contribution in [2.45, 2.75) is 56.7 Å². The van der Waals surface area contributed by atoms with Crippen LogP contribution in [0.3, 0.4) is 0 Å². The summed E-state index contributed by atoms with van der Waals surface area (Å²) in [6.07, 6.45) is -3.69. The van der Waals surface area contributed by atoms with Gasteiger partial charge in [-0.15, -0.1) is 11.8 Å². The van der Waals surface area contributed by atoms with Gasteiger partial charge in [-0.3, -0.25) is 28.7 Å². The molecule has 0 saturated carbocycles. The lowest BCUT2D eigenvalue weighted by Gasteiger charge is -2.42. The minimum atomic E-state index is -2.02. The molecule has 0 aromatic carbocycles. The van der Waals surface area contributed by atoms with Crippen LogP contribution in [-0.4, -0.2) is 57.7 Å². The number of H-pyrrole nitrogens is 1. The Hall–Kier alpha value is -2.63. The number of aryl methyl sites for hydroxylation is 1. The number of aromatic nitrogens is 2. The van der Waals surface area contributed by atoms with Crippen LogP contribution < -0.4 is 11.2 Å². The van der Waals surface area contributed by atoms with Crippen molar-refractivity contribution in [2.24, 2.45) is 0 Å². The van der Waals surface area contributed by atoms with Crippen molar-refractivity contribution in [3.05, 3.63) is 32.6 Å². The van der Waals surface area contributed by atoms with E-state index in [0.717, 1.165) is 37.1 Å². The van der Waals surface area contributed by atoms with Crippen molar-refractivity contribution in [1.82, 2.24) is 9.55 Å². The van der Waals surface area contributed by atoms with Gasteiger partial charge in [0.25, 0.3) is 5.56 Å². The van der Waals surface area contributed by atoms with Gasteiger partial charge in [-0.05, 0) is 6.92 Å². The molecule has 1 aliphatic heterocycles. The molecule has 0 amide bonds. The van der Waals surface area contributed by atoms with E-state index >= 15 is 4.39 Å². The fourth-order valence-corrected chi connectivity index (χ4v) is 4.38. The van der Waals surface area contributed by atoms with Crippen LogP contribution in [-0.2, 0) is 28.6 Å². The molecule has 1 fully saturated rings. The first kappa shape index (κ1) is 22.7. The maximum Gasteiger partial charge on any atom is 0.329 e. The van der Waals surface area contributed by atoms with E-state index in [9.17, 15) is 24.0 Å². The van der Waals surface area contributed by atoms with Crippen molar-refractivity contribution in [3.63, 3.8) is 0 Å². The molecule has 0 bridgehead atoms. The second-order valence-electron chi connectivity index (χ2n) is 6.44. The Bertz CT molecular complexity index is 911. The Balaban J connectivity index is 2.51. The highest BCUT2D eigenvalue weighted by Gasteiger charge is 2.51. The quantitative estimate of drug-likeness (QED) is 0.512. The van der Waals surface area contributed by atoms with Crippen molar-refractivity contribution >= 4 is 29.7 Å². The summed E-state index contributed by atoms with van der Waals surface area (Å²) in [5.41, 5.74) is -1.26. The smallest absolute Gasteiger partial charge is 0.329 e. The number of ether oxygens (including phenoxy) is 3. The molecule has 1 N–H and O–H groups in total. The summed E-state index contributed by atoms with van der Waals surface area (Å²) in [4.78, 5) is 60.3. The van der Waals surface area contributed by atoms with Gasteiger partial charge in [-0.2, -0.15) is 0 Å². The van der Waals surface area contributed by atoms with Crippen LogP contribution in [0.25, 0.3) is 0 Å². The summed E-state index contributed by atoms with van der Waals surface area (Å²) in [6, 6.07) is 0. The number of alkyl halides is 1. The minimum Gasteiger partial charge on any atom is -0.465 e. The van der Waals surface area contributed by atoms with Gasteiger partial charge in [0.1, 0.15) is 12.0 Å². The predicted octanol–water partition coefficient (Wildman–Crippen LogP) is 0.224. The molecule has 2 heterocycles. The number of carbonyl (C=O) groups is 3. The highest BCUT2D eigenvalue weighted by molar-refractivity contribution is 8.00. The maximum absolute atomic E-state index is 15.4. The molecule has 0 aliphatic carbocycles. The second-order valence-corrected chi connectivity index (χ2v) is 7.80. The molecule has 29 heavy (non-hydrogen) atoms. The zero-order valence-corrected chi connectivity index (χ0v) is 17.0. The van der Waals surface area contributed by atoms with Crippen LogP contribution in [0.2, 0.25) is 0 Å². The van der Waals surface area contributed by atoms with Crippen molar-refractivity contribution < 1.29 is 33.0 Å². The van der Waals surface area contributed by atoms with E-state index in [1.165, 1.54) is 13.1 Å². The number of nitrogens with one attached hydrogen (secondary N) is 1. The SMILES string of the molecule is CC(=O)OC[C@H]1S[C@@H](n2cc(C)c(=O)[nH]c2=O)[C@H](OC(C)=O)[C@@H](F)[C@@H]1OC(C)=O. The normalized spacial score (nSPS) is 26.4. The van der Waals surface area contributed by atoms with Gasteiger partial charge in [-0.25, -0.2) is 9.18 Å². The summed E-state index contributed by atoms with van der Waals surface area (Å²) in [6.45, 7) is 4.47. The maximum atomic E-state index is 15.4. The number of halogens is 1. The van der Waals surface area contributed by atoms with Crippen molar-refractivity contribution in [1.29, 1.82) is 0 Å². The summed E-state index contributed by atoms with van der Waals surface area (Å²) >= 11 is 0.928. The average Bonchev–Trinajstić information content (AvgIpc) is 2.60. The van der Waals surface area contributed by atoms with Crippen LogP contribution in [0, 0.1) is 6.92 Å². The molecule has 160 valence electrons. The van der Waals surface area contributed by atoms with Crippen LogP contribution >= 0.6 is 11.8 Å². The Morgan fingerprint density at radius 3 is 2.24 bits per heavy atom. The number of esters is 3. The monoisotopic (exact) mass is 432 g/mol. The van der Waals surface area contributed by atoms with E-state index in [-0.39, 0.29) is 12.2 Å². The van der Waals surface area contributed by atoms with E-state index in [1.807, 2.05) is 0 Å². The van der Waals surface area contributed by atoms with E-state index in [4.69, 9.17) is 14.2 Å². The number of rotatable bonds is 5. The predicted molar refractivity (Wildman–Crippen MR) is 99.1 cm³/mol. The topological polar surface area (TPSA) is 134 Å². The zero-order valence-electron chi connectivity index (χ0n) is 16.2. The molecule has 0 unspecified atom stereocenters. The highest BCUT2D eigenvalue weighted by Crippen LogP contribution is 2.43. The largest absolute Gasteiger partial charge is 0.465 e. The van der Waals surface area contributed by atoms with Crippen LogP contribution in [0.4, 0.5) is 4.39 Å². The molecular weight excluding hydrogens is 411 g/mol. The standard InChI is InChI=1S/C17H21FN2O8S/c1-7-5-20(17(25)19-15(7)24)16-14(28-10(4)23)12(18)13(27-9(3)22)11(29-16)6-26-8(2)21/h5,11-14,16H,6H2,1-4H3,(H,19,24,25)/t11-,12+,13-,14-,16-/m1/s1. The third-order valence-electron chi connectivity index (χ3n) is 4.06. The van der Waals surface area contributed by atoms with Crippen molar-refractivity contribution in [2.75, 3.05) is 6.61 Å². The number of aromatic amines is 1. The summed E-state index contributed by atoms with van der Waals surface area (Å²) in [7, 11) is 0. The van der Waals surface area contributed by atoms with Gasteiger partial charge in [-0.1, -0.05) is 0 Å². The third-order valence-corrected chi connectivity index (χ3v) is 5.59. The van der Waals surface area contributed by atoms with Gasteiger partial charge in [0, 0.05) is 32.5 Å². The van der Waals surface area contributed by atoms with Crippen LogP contribution in [0.5, 0.6) is 0 Å². The van der Waals surface area contributed by atoms with Gasteiger partial charge < -0.3 is 14.2 Å². The first-order chi connectivity index (χ1) is 13.5. The zero-order chi connectivity index (χ0) is 21.9. The van der Waals surface area contributed by atoms with Gasteiger partial charge in [0.2, 0.25) is 0 Å². The lowest BCUT2D eigenvalue weighted by atomic mass is 10.0. The molecule has 5 atom stereocenters. The number of nitrogens with zero attached hydrogens (tertiary/aromatic N) is 1. The van der Waals surface area contributed by atoms with Gasteiger partial charge in [0.15, 0.2) is 18.4 Å². The Morgan fingerprint density at radius 1 is 1.10 bits per heavy atom. The van der Waals surface area contributed by atoms with Crippen molar-refractivity contribution in [3.8, 4) is 0 Å². The number of thioether (sulfide) groups is 1. The number of carbonyl (C=O) groups excluding carboxylic acids is 3. The molecule has 1 aromatic heterocycles. The summed E-state index contributed by atoms with van der Waals surface area (Å²) in [5.74, 6) is -2.21. The number of hydrogen-bond donors (Lipinski definition) is 1. The van der Waals surface area contributed by atoms with Gasteiger partial charge in [0.05, 0.1) is 5.25 Å².